The predicted octanol–water partition coefficient (Wildman–Crippen LogP) is 4.34. The number of amides is 1. The number of nitrogens with zero attached hydrogens (tertiary/aromatic N) is 1. The zero-order valence-corrected chi connectivity index (χ0v) is 18.4. The maximum Gasteiger partial charge on any atom is 0.348 e. The summed E-state index contributed by atoms with van der Waals surface area (Å²) in [6, 6.07) is 11.4. The number of likely N-dealkylation sites (tertiary alicyclic amines) is 1. The Balaban J connectivity index is 1.72. The van der Waals surface area contributed by atoms with Crippen LogP contribution < -0.4 is 4.74 Å². The van der Waals surface area contributed by atoms with Crippen molar-refractivity contribution in [2.45, 2.75) is 57.5 Å². The maximum atomic E-state index is 12.9. The van der Waals surface area contributed by atoms with Crippen LogP contribution in [0.15, 0.2) is 36.4 Å². The number of ether oxygens (including phenoxy) is 3. The van der Waals surface area contributed by atoms with Crippen LogP contribution in [-0.2, 0) is 20.9 Å². The van der Waals surface area contributed by atoms with E-state index in [1.807, 2.05) is 49.1 Å². The zero-order chi connectivity index (χ0) is 21.3. The van der Waals surface area contributed by atoms with Gasteiger partial charge in [0, 0.05) is 19.0 Å². The molecule has 0 N–H and O–H groups in total. The molecule has 2 aliphatic rings. The summed E-state index contributed by atoms with van der Waals surface area (Å²) in [5.41, 5.74) is 0.378. The second kappa shape index (κ2) is 8.40. The molecule has 2 aromatic rings. The Morgan fingerprint density at radius 1 is 1.27 bits per heavy atom. The van der Waals surface area contributed by atoms with E-state index in [-0.39, 0.29) is 18.1 Å². The normalized spacial score (nSPS) is 22.9. The minimum absolute atomic E-state index is 0.122. The van der Waals surface area contributed by atoms with Crippen molar-refractivity contribution in [3.05, 3.63) is 51.7 Å². The van der Waals surface area contributed by atoms with Gasteiger partial charge in [-0.1, -0.05) is 30.3 Å². The fourth-order valence-corrected chi connectivity index (χ4v) is 5.35. The first kappa shape index (κ1) is 20.9. The van der Waals surface area contributed by atoms with Gasteiger partial charge in [0.2, 0.25) is 5.91 Å². The summed E-state index contributed by atoms with van der Waals surface area (Å²) in [6.45, 7) is 5.04. The van der Waals surface area contributed by atoms with Gasteiger partial charge in [0.15, 0.2) is 0 Å². The fraction of sp³-hybridized carbons (Fsp3) is 0.478. The molecule has 1 aromatic carbocycles. The highest BCUT2D eigenvalue weighted by molar-refractivity contribution is 7.14. The quantitative estimate of drug-likeness (QED) is 0.662. The Hall–Kier alpha value is -2.38. The maximum absolute atomic E-state index is 12.9. The van der Waals surface area contributed by atoms with Gasteiger partial charge in [-0.05, 0) is 32.3 Å². The molecule has 160 valence electrons. The number of carbonyl (C=O) groups excluding carboxylic acids is 2. The van der Waals surface area contributed by atoms with Crippen LogP contribution in [0.3, 0.4) is 0 Å². The molecule has 1 saturated heterocycles. The molecule has 1 amide bonds. The summed E-state index contributed by atoms with van der Waals surface area (Å²) < 4.78 is 17.6. The Morgan fingerprint density at radius 2 is 2.03 bits per heavy atom. The van der Waals surface area contributed by atoms with Crippen molar-refractivity contribution in [3.63, 3.8) is 0 Å². The van der Waals surface area contributed by atoms with Crippen molar-refractivity contribution in [2.75, 3.05) is 13.7 Å². The number of benzene rings is 1. The third-order valence-corrected chi connectivity index (χ3v) is 6.86. The molecule has 7 heteroatoms. The number of methoxy groups -OCH3 is 1. The second-order valence-corrected chi connectivity index (χ2v) is 9.33. The van der Waals surface area contributed by atoms with Crippen LogP contribution in [0, 0.1) is 0 Å². The van der Waals surface area contributed by atoms with Crippen molar-refractivity contribution in [1.82, 2.24) is 4.90 Å². The Bertz CT molecular complexity index is 923. The number of hydrogen-bond donors (Lipinski definition) is 0. The molecule has 2 unspecified atom stereocenters. The summed E-state index contributed by atoms with van der Waals surface area (Å²) in [4.78, 5) is 28.3. The summed E-state index contributed by atoms with van der Waals surface area (Å²) in [7, 11) is 1.36. The monoisotopic (exact) mass is 429 g/mol. The van der Waals surface area contributed by atoms with E-state index in [4.69, 9.17) is 14.2 Å². The predicted molar refractivity (Wildman–Crippen MR) is 114 cm³/mol. The van der Waals surface area contributed by atoms with E-state index < -0.39 is 11.6 Å². The Morgan fingerprint density at radius 3 is 2.73 bits per heavy atom. The third kappa shape index (κ3) is 3.96. The molecule has 1 aromatic heterocycles. The average molecular weight is 430 g/mol. The smallest absolute Gasteiger partial charge is 0.348 e. The fourth-order valence-electron chi connectivity index (χ4n) is 4.21. The third-order valence-electron chi connectivity index (χ3n) is 5.69. The first-order valence-corrected chi connectivity index (χ1v) is 11.1. The molecule has 30 heavy (non-hydrogen) atoms. The molecular formula is C23H27NO5S. The number of carbonyl (C=O) groups is 2. The average Bonchev–Trinajstić information content (AvgIpc) is 3.15. The molecule has 0 spiro atoms. The molecule has 0 bridgehead atoms. The van der Waals surface area contributed by atoms with Gasteiger partial charge in [-0.15, -0.1) is 11.3 Å². The summed E-state index contributed by atoms with van der Waals surface area (Å²) in [5.74, 6) is 0.353. The standard InChI is InChI=1S/C23H27NO5S/c1-23(2)21(28-14-15-9-5-4-6-10-15)19(24-12-8-7-11-18(24)25)20-16(29-23)13-17(30-20)22(26)27-3/h4-6,9-10,13,19,21H,7-8,11-12,14H2,1-3H3. The lowest BCUT2D eigenvalue weighted by Gasteiger charge is -2.48. The molecule has 4 rings (SSSR count). The van der Waals surface area contributed by atoms with Gasteiger partial charge in [-0.25, -0.2) is 4.79 Å². The highest BCUT2D eigenvalue weighted by Gasteiger charge is 2.50. The molecule has 2 aliphatic heterocycles. The van der Waals surface area contributed by atoms with E-state index in [9.17, 15) is 9.59 Å². The molecule has 0 aliphatic carbocycles. The highest BCUT2D eigenvalue weighted by Crippen LogP contribution is 2.49. The van der Waals surface area contributed by atoms with Gasteiger partial charge in [0.1, 0.15) is 22.3 Å². The lowest BCUT2D eigenvalue weighted by molar-refractivity contribution is -0.157. The van der Waals surface area contributed by atoms with Crippen LogP contribution in [0.5, 0.6) is 5.75 Å². The van der Waals surface area contributed by atoms with Crippen LogP contribution in [0.25, 0.3) is 0 Å². The lowest BCUT2D eigenvalue weighted by atomic mass is 9.88. The van der Waals surface area contributed by atoms with E-state index in [2.05, 4.69) is 0 Å². The van der Waals surface area contributed by atoms with E-state index in [1.54, 1.807) is 6.07 Å². The van der Waals surface area contributed by atoms with Gasteiger partial charge in [0.05, 0.1) is 24.6 Å². The lowest BCUT2D eigenvalue weighted by Crippen LogP contribution is -2.56. The van der Waals surface area contributed by atoms with E-state index >= 15 is 0 Å². The van der Waals surface area contributed by atoms with E-state index in [0.29, 0.717) is 30.2 Å². The topological polar surface area (TPSA) is 65.1 Å². The van der Waals surface area contributed by atoms with Crippen LogP contribution in [0.1, 0.15) is 59.3 Å². The number of rotatable bonds is 5. The van der Waals surface area contributed by atoms with Gasteiger partial charge >= 0.3 is 5.97 Å². The van der Waals surface area contributed by atoms with Crippen molar-refractivity contribution >= 4 is 23.2 Å². The Labute approximate surface area is 180 Å². The number of hydrogen-bond acceptors (Lipinski definition) is 6. The minimum atomic E-state index is -0.682. The van der Waals surface area contributed by atoms with E-state index in [0.717, 1.165) is 23.3 Å². The van der Waals surface area contributed by atoms with Crippen molar-refractivity contribution < 1.29 is 23.8 Å². The molecular weight excluding hydrogens is 402 g/mol. The number of piperidine rings is 1. The van der Waals surface area contributed by atoms with Crippen LogP contribution in [0.2, 0.25) is 0 Å². The second-order valence-electron chi connectivity index (χ2n) is 8.24. The van der Waals surface area contributed by atoms with Crippen molar-refractivity contribution in [2.24, 2.45) is 0 Å². The summed E-state index contributed by atoms with van der Waals surface area (Å²) >= 11 is 1.32. The first-order chi connectivity index (χ1) is 14.4. The van der Waals surface area contributed by atoms with Gasteiger partial charge in [-0.2, -0.15) is 0 Å². The molecule has 0 saturated carbocycles. The van der Waals surface area contributed by atoms with Crippen LogP contribution in [0.4, 0.5) is 0 Å². The summed E-state index contributed by atoms with van der Waals surface area (Å²) in [6.07, 6.45) is 2.02. The first-order valence-electron chi connectivity index (χ1n) is 10.3. The van der Waals surface area contributed by atoms with Crippen molar-refractivity contribution in [3.8, 4) is 5.75 Å². The number of fused-ring (bicyclic) bond motifs is 1. The zero-order valence-electron chi connectivity index (χ0n) is 17.6. The van der Waals surface area contributed by atoms with Crippen molar-refractivity contribution in [1.29, 1.82) is 0 Å². The molecule has 6 nitrogen and oxygen atoms in total. The molecule has 2 atom stereocenters. The SMILES string of the molecule is COC(=O)c1cc2c(s1)C(N1CCCCC1=O)C(OCc1ccccc1)C(C)(C)O2. The van der Waals surface area contributed by atoms with Crippen LogP contribution in [-0.4, -0.2) is 42.1 Å². The molecule has 1 fully saturated rings. The van der Waals surface area contributed by atoms with Crippen LogP contribution >= 0.6 is 11.3 Å². The number of esters is 1. The van der Waals surface area contributed by atoms with Gasteiger partial charge in [0.25, 0.3) is 0 Å². The summed E-state index contributed by atoms with van der Waals surface area (Å²) in [5, 5.41) is 0. The molecule has 3 heterocycles. The number of thiophene rings is 1. The minimum Gasteiger partial charge on any atom is -0.484 e. The highest BCUT2D eigenvalue weighted by atomic mass is 32.1. The van der Waals surface area contributed by atoms with Gasteiger partial charge in [-0.3, -0.25) is 4.79 Å². The van der Waals surface area contributed by atoms with E-state index in [1.165, 1.54) is 18.4 Å². The largest absolute Gasteiger partial charge is 0.484 e. The Kier molecular flexibility index (Phi) is 5.84. The molecule has 0 radical (unpaired) electrons. The van der Waals surface area contributed by atoms with Gasteiger partial charge < -0.3 is 19.1 Å².